The highest BCUT2D eigenvalue weighted by atomic mass is 127. The van der Waals surface area contributed by atoms with Crippen LogP contribution in [0.15, 0.2) is 53.5 Å². The Hall–Kier alpha value is -2.16. The molecule has 0 bridgehead atoms. The lowest BCUT2D eigenvalue weighted by atomic mass is 10.0. The van der Waals surface area contributed by atoms with Crippen LogP contribution in [0.25, 0.3) is 0 Å². The van der Waals surface area contributed by atoms with Crippen molar-refractivity contribution in [1.29, 1.82) is 0 Å². The van der Waals surface area contributed by atoms with Crippen LogP contribution >= 0.6 is 24.0 Å². The topological polar surface area (TPSA) is 93.5 Å². The minimum absolute atomic E-state index is 0. The minimum Gasteiger partial charge on any atom is -0.370 e. The van der Waals surface area contributed by atoms with E-state index in [4.69, 9.17) is 5.73 Å². The summed E-state index contributed by atoms with van der Waals surface area (Å²) in [6, 6.07) is 14.3. The van der Waals surface area contributed by atoms with Crippen LogP contribution < -0.4 is 11.1 Å². The number of aliphatic imine (C=N–C) groups is 1. The molecule has 7 heteroatoms. The molecule has 0 amide bonds. The van der Waals surface area contributed by atoms with E-state index in [-0.39, 0.29) is 42.2 Å². The average molecular weight is 440 g/mol. The number of nitrogens with zero attached hydrogens (tertiary/aromatic N) is 2. The number of hydrogen-bond acceptors (Lipinski definition) is 3. The lowest BCUT2D eigenvalue weighted by Crippen LogP contribution is -2.22. The Labute approximate surface area is 158 Å². The fraction of sp³-hybridized carbons (Fsp3) is 0.235. The van der Waals surface area contributed by atoms with Crippen molar-refractivity contribution in [2.45, 2.75) is 26.3 Å². The number of halogens is 1. The number of nitro benzene ring substituents is 1. The van der Waals surface area contributed by atoms with Crippen molar-refractivity contribution in [2.75, 3.05) is 5.32 Å². The summed E-state index contributed by atoms with van der Waals surface area (Å²) in [5.41, 5.74) is 8.75. The van der Waals surface area contributed by atoms with Gasteiger partial charge in [-0.05, 0) is 29.2 Å². The molecule has 6 nitrogen and oxygen atoms in total. The number of nitrogens with one attached hydrogen (secondary N) is 1. The average Bonchev–Trinajstić information content (AvgIpc) is 2.53. The van der Waals surface area contributed by atoms with Crippen molar-refractivity contribution in [3.8, 4) is 0 Å². The number of nitrogens with two attached hydrogens (primary N) is 1. The maximum atomic E-state index is 10.8. The van der Waals surface area contributed by atoms with Crippen LogP contribution in [0.3, 0.4) is 0 Å². The molecule has 0 heterocycles. The molecule has 0 saturated carbocycles. The largest absolute Gasteiger partial charge is 0.370 e. The smallest absolute Gasteiger partial charge is 0.269 e. The molecule has 0 fully saturated rings. The van der Waals surface area contributed by atoms with Gasteiger partial charge in [0.2, 0.25) is 0 Å². The van der Waals surface area contributed by atoms with E-state index in [1.807, 2.05) is 18.2 Å². The number of anilines is 1. The first-order valence-electron chi connectivity index (χ1n) is 7.36. The molecule has 24 heavy (non-hydrogen) atoms. The summed E-state index contributed by atoms with van der Waals surface area (Å²) >= 11 is 0. The standard InChI is InChI=1S/C17H20N4O2.HI/c1-12(2)14-6-4-7-15(10-14)20-17(18)19-11-13-5-3-8-16(9-13)21(22)23;/h3-10,12H,11H2,1-2H3,(H3,18,19,20);1H. The van der Waals surface area contributed by atoms with Crippen LogP contribution in [0.4, 0.5) is 11.4 Å². The van der Waals surface area contributed by atoms with Gasteiger partial charge in [0.05, 0.1) is 11.5 Å². The summed E-state index contributed by atoms with van der Waals surface area (Å²) < 4.78 is 0. The number of non-ortho nitro benzene ring substituents is 1. The predicted molar refractivity (Wildman–Crippen MR) is 108 cm³/mol. The second-order valence-corrected chi connectivity index (χ2v) is 5.53. The molecule has 3 N–H and O–H groups in total. The summed E-state index contributed by atoms with van der Waals surface area (Å²) in [4.78, 5) is 14.6. The Morgan fingerprint density at radius 1 is 1.25 bits per heavy atom. The third kappa shape index (κ3) is 5.80. The summed E-state index contributed by atoms with van der Waals surface area (Å²) in [5, 5.41) is 13.8. The molecular weight excluding hydrogens is 419 g/mol. The lowest BCUT2D eigenvalue weighted by Gasteiger charge is -2.10. The summed E-state index contributed by atoms with van der Waals surface area (Å²) in [7, 11) is 0. The van der Waals surface area contributed by atoms with Crippen LogP contribution in [0.1, 0.15) is 30.9 Å². The number of benzene rings is 2. The molecule has 128 valence electrons. The van der Waals surface area contributed by atoms with E-state index < -0.39 is 4.92 Å². The fourth-order valence-corrected chi connectivity index (χ4v) is 2.11. The number of rotatable bonds is 5. The SMILES string of the molecule is CC(C)c1cccc(NC(N)=NCc2cccc([N+](=O)[O-])c2)c1.I. The fourth-order valence-electron chi connectivity index (χ4n) is 2.11. The Morgan fingerprint density at radius 3 is 2.62 bits per heavy atom. The van der Waals surface area contributed by atoms with Gasteiger partial charge >= 0.3 is 0 Å². The van der Waals surface area contributed by atoms with E-state index in [0.29, 0.717) is 5.92 Å². The van der Waals surface area contributed by atoms with E-state index in [1.54, 1.807) is 12.1 Å². The summed E-state index contributed by atoms with van der Waals surface area (Å²) in [5.74, 6) is 0.706. The Bertz CT molecular complexity index is 732. The van der Waals surface area contributed by atoms with Gasteiger partial charge in [0.15, 0.2) is 5.96 Å². The van der Waals surface area contributed by atoms with Crippen molar-refractivity contribution in [2.24, 2.45) is 10.7 Å². The molecule has 0 aliphatic heterocycles. The van der Waals surface area contributed by atoms with Gasteiger partial charge in [0, 0.05) is 17.8 Å². The highest BCUT2D eigenvalue weighted by Gasteiger charge is 2.05. The first kappa shape index (κ1) is 19.9. The van der Waals surface area contributed by atoms with Crippen LogP contribution in [-0.4, -0.2) is 10.9 Å². The number of nitro groups is 1. The van der Waals surface area contributed by atoms with Crippen LogP contribution in [0.5, 0.6) is 0 Å². The molecular formula is C17H21IN4O2. The predicted octanol–water partition coefficient (Wildman–Crippen LogP) is 4.26. The molecule has 2 rings (SSSR count). The van der Waals surface area contributed by atoms with Gasteiger partial charge in [0.1, 0.15) is 0 Å². The normalized spacial score (nSPS) is 11.0. The lowest BCUT2D eigenvalue weighted by molar-refractivity contribution is -0.384. The molecule has 0 radical (unpaired) electrons. The monoisotopic (exact) mass is 440 g/mol. The number of guanidine groups is 1. The van der Waals surface area contributed by atoms with E-state index in [0.717, 1.165) is 11.3 Å². The Morgan fingerprint density at radius 2 is 1.96 bits per heavy atom. The number of hydrogen-bond donors (Lipinski definition) is 2. The van der Waals surface area contributed by atoms with E-state index in [2.05, 4.69) is 30.2 Å². The highest BCUT2D eigenvalue weighted by molar-refractivity contribution is 14.0. The minimum atomic E-state index is -0.424. The van der Waals surface area contributed by atoms with Crippen LogP contribution in [-0.2, 0) is 6.54 Å². The zero-order chi connectivity index (χ0) is 16.8. The van der Waals surface area contributed by atoms with Crippen molar-refractivity contribution >= 4 is 41.3 Å². The van der Waals surface area contributed by atoms with Crippen molar-refractivity contribution in [1.82, 2.24) is 0 Å². The van der Waals surface area contributed by atoms with Gasteiger partial charge in [-0.25, -0.2) is 4.99 Å². The van der Waals surface area contributed by atoms with Crippen LogP contribution in [0, 0.1) is 10.1 Å². The molecule has 2 aromatic rings. The summed E-state index contributed by atoms with van der Waals surface area (Å²) in [6.45, 7) is 4.53. The third-order valence-electron chi connectivity index (χ3n) is 3.38. The van der Waals surface area contributed by atoms with Gasteiger partial charge in [0.25, 0.3) is 5.69 Å². The van der Waals surface area contributed by atoms with Gasteiger partial charge in [-0.1, -0.05) is 38.1 Å². The zero-order valence-corrected chi connectivity index (χ0v) is 15.9. The first-order chi connectivity index (χ1) is 11.0. The van der Waals surface area contributed by atoms with E-state index in [9.17, 15) is 10.1 Å². The first-order valence-corrected chi connectivity index (χ1v) is 7.36. The molecule has 0 atom stereocenters. The van der Waals surface area contributed by atoms with Crippen molar-refractivity contribution < 1.29 is 4.92 Å². The van der Waals surface area contributed by atoms with Gasteiger partial charge in [-0.2, -0.15) is 0 Å². The molecule has 0 aliphatic carbocycles. The van der Waals surface area contributed by atoms with Gasteiger partial charge in [-0.15, -0.1) is 24.0 Å². The quantitative estimate of drug-likeness (QED) is 0.239. The second kappa shape index (κ2) is 9.21. The molecule has 0 unspecified atom stereocenters. The van der Waals surface area contributed by atoms with E-state index in [1.165, 1.54) is 17.7 Å². The van der Waals surface area contributed by atoms with Crippen molar-refractivity contribution in [3.05, 3.63) is 69.8 Å². The van der Waals surface area contributed by atoms with Crippen molar-refractivity contribution in [3.63, 3.8) is 0 Å². The van der Waals surface area contributed by atoms with Gasteiger partial charge in [-0.3, -0.25) is 10.1 Å². The maximum absolute atomic E-state index is 10.8. The molecule has 0 saturated heterocycles. The Balaban J connectivity index is 0.00000288. The highest BCUT2D eigenvalue weighted by Crippen LogP contribution is 2.18. The molecule has 0 spiro atoms. The molecule has 0 aromatic heterocycles. The summed E-state index contributed by atoms with van der Waals surface area (Å²) in [6.07, 6.45) is 0. The Kier molecular flexibility index (Phi) is 7.63. The second-order valence-electron chi connectivity index (χ2n) is 5.53. The molecule has 0 aliphatic rings. The third-order valence-corrected chi connectivity index (χ3v) is 3.38. The van der Waals surface area contributed by atoms with E-state index >= 15 is 0 Å². The van der Waals surface area contributed by atoms with Crippen LogP contribution in [0.2, 0.25) is 0 Å². The van der Waals surface area contributed by atoms with Gasteiger partial charge < -0.3 is 11.1 Å². The maximum Gasteiger partial charge on any atom is 0.269 e. The zero-order valence-electron chi connectivity index (χ0n) is 13.6. The molecule has 2 aromatic carbocycles.